The molecule has 2 bridgehead atoms. The molecule has 7 nitrogen and oxygen atoms in total. The number of carbonyl (C=O) groups is 2. The zero-order valence-corrected chi connectivity index (χ0v) is 15.8. The highest BCUT2D eigenvalue weighted by atomic mass is 16.3. The molecule has 1 aromatic heterocycles. The maximum Gasteiger partial charge on any atom is 0.274 e. The summed E-state index contributed by atoms with van der Waals surface area (Å²) in [5, 5.41) is 13.2. The largest absolute Gasteiger partial charge is 0.503 e. The molecule has 2 N–H and O–H groups in total. The Kier molecular flexibility index (Phi) is 4.66. The molecule has 4 rings (SSSR count). The molecule has 146 valence electrons. The van der Waals surface area contributed by atoms with E-state index in [1.54, 1.807) is 9.47 Å². The Bertz CT molecular complexity index is 994. The number of benzene rings is 1. The van der Waals surface area contributed by atoms with E-state index >= 15 is 0 Å². The molecular formula is C21H23N3O4. The smallest absolute Gasteiger partial charge is 0.274 e. The van der Waals surface area contributed by atoms with Crippen LogP contribution in [-0.4, -0.2) is 39.5 Å². The summed E-state index contributed by atoms with van der Waals surface area (Å²) in [4.78, 5) is 39.6. The van der Waals surface area contributed by atoms with E-state index in [2.05, 4.69) is 5.32 Å². The van der Waals surface area contributed by atoms with Crippen molar-refractivity contribution in [2.75, 3.05) is 13.1 Å². The van der Waals surface area contributed by atoms with Gasteiger partial charge in [0.05, 0.1) is 6.04 Å². The Morgan fingerprint density at radius 3 is 2.71 bits per heavy atom. The van der Waals surface area contributed by atoms with Crippen molar-refractivity contribution in [3.63, 3.8) is 0 Å². The zero-order valence-electron chi connectivity index (χ0n) is 15.8. The van der Waals surface area contributed by atoms with E-state index in [4.69, 9.17) is 0 Å². The molecule has 1 atom stereocenters. The number of nitrogens with zero attached hydrogens (tertiary/aromatic N) is 2. The van der Waals surface area contributed by atoms with Crippen LogP contribution >= 0.6 is 0 Å². The monoisotopic (exact) mass is 381 g/mol. The van der Waals surface area contributed by atoms with Crippen molar-refractivity contribution in [2.45, 2.75) is 38.8 Å². The van der Waals surface area contributed by atoms with Crippen LogP contribution in [0.25, 0.3) is 0 Å². The van der Waals surface area contributed by atoms with E-state index in [1.165, 1.54) is 6.20 Å². The summed E-state index contributed by atoms with van der Waals surface area (Å²) in [6.45, 7) is 3.42. The molecule has 2 aliphatic rings. The summed E-state index contributed by atoms with van der Waals surface area (Å²) in [5.74, 6) is -1.54. The SMILES string of the molecule is Cc1ccc(CNC(=O)c2cn3c(c(O)c2=O)C(=O)N2CCCCC3C2)cc1. The second-order valence-corrected chi connectivity index (χ2v) is 7.55. The first-order chi connectivity index (χ1) is 13.5. The van der Waals surface area contributed by atoms with Gasteiger partial charge in [-0.1, -0.05) is 29.8 Å². The van der Waals surface area contributed by atoms with E-state index < -0.39 is 17.1 Å². The van der Waals surface area contributed by atoms with E-state index in [-0.39, 0.29) is 29.8 Å². The van der Waals surface area contributed by atoms with Gasteiger partial charge in [-0.25, -0.2) is 0 Å². The van der Waals surface area contributed by atoms with Crippen LogP contribution in [0.1, 0.15) is 57.3 Å². The summed E-state index contributed by atoms with van der Waals surface area (Å²) in [6.07, 6.45) is 4.12. The van der Waals surface area contributed by atoms with E-state index in [1.807, 2.05) is 31.2 Å². The number of aryl methyl sites for hydroxylation is 1. The van der Waals surface area contributed by atoms with Gasteiger partial charge in [0.2, 0.25) is 5.43 Å². The molecule has 2 aromatic rings. The van der Waals surface area contributed by atoms with Crippen molar-refractivity contribution < 1.29 is 14.7 Å². The average Bonchev–Trinajstić information content (AvgIpc) is 2.91. The lowest BCUT2D eigenvalue weighted by Gasteiger charge is -2.34. The number of aromatic nitrogens is 1. The number of amides is 2. The second-order valence-electron chi connectivity index (χ2n) is 7.55. The van der Waals surface area contributed by atoms with Gasteiger partial charge in [0.1, 0.15) is 5.56 Å². The van der Waals surface area contributed by atoms with Crippen LogP contribution in [0, 0.1) is 6.92 Å². The van der Waals surface area contributed by atoms with Crippen LogP contribution in [0.15, 0.2) is 35.3 Å². The average molecular weight is 381 g/mol. The molecule has 2 aliphatic heterocycles. The first-order valence-electron chi connectivity index (χ1n) is 9.57. The summed E-state index contributed by atoms with van der Waals surface area (Å²) in [5.41, 5.74) is 1.09. The molecule has 0 aliphatic carbocycles. The van der Waals surface area contributed by atoms with E-state index in [9.17, 15) is 19.5 Å². The topological polar surface area (TPSA) is 91.6 Å². The minimum Gasteiger partial charge on any atom is -0.503 e. The van der Waals surface area contributed by atoms with Crippen molar-refractivity contribution in [1.29, 1.82) is 0 Å². The fraction of sp³-hybridized carbons (Fsp3) is 0.381. The Hall–Kier alpha value is -3.09. The molecule has 1 saturated heterocycles. The van der Waals surface area contributed by atoms with Crippen LogP contribution < -0.4 is 10.7 Å². The number of pyridine rings is 1. The van der Waals surface area contributed by atoms with Gasteiger partial charge in [0.15, 0.2) is 11.4 Å². The standard InChI is InChI=1S/C21H23N3O4/c1-13-5-7-14(8-6-13)10-22-20(27)16-12-24-15-4-2-3-9-23(11-15)21(28)17(24)19(26)18(16)25/h5-8,12,15,26H,2-4,9-11H2,1H3,(H,22,27). The number of carbonyl (C=O) groups excluding carboxylic acids is 2. The maximum absolute atomic E-state index is 12.7. The first-order valence-corrected chi connectivity index (χ1v) is 9.57. The molecule has 1 fully saturated rings. The van der Waals surface area contributed by atoms with Gasteiger partial charge >= 0.3 is 0 Å². The molecule has 1 aromatic carbocycles. The number of hydrogen-bond acceptors (Lipinski definition) is 4. The van der Waals surface area contributed by atoms with Crippen LogP contribution in [0.4, 0.5) is 0 Å². The highest BCUT2D eigenvalue weighted by Crippen LogP contribution is 2.31. The lowest BCUT2D eigenvalue weighted by Crippen LogP contribution is -2.44. The highest BCUT2D eigenvalue weighted by molar-refractivity contribution is 5.99. The minimum absolute atomic E-state index is 0.00163. The van der Waals surface area contributed by atoms with E-state index in [0.717, 1.165) is 30.4 Å². The number of hydrogen-bond donors (Lipinski definition) is 2. The first kappa shape index (κ1) is 18.3. The van der Waals surface area contributed by atoms with Gasteiger partial charge in [-0.05, 0) is 31.7 Å². The number of nitrogens with one attached hydrogen (secondary N) is 1. The molecule has 1 unspecified atom stereocenters. The van der Waals surface area contributed by atoms with Gasteiger partial charge in [-0.2, -0.15) is 0 Å². The normalized spacial score (nSPS) is 18.4. The third-order valence-corrected chi connectivity index (χ3v) is 5.56. The molecule has 3 heterocycles. The van der Waals surface area contributed by atoms with Gasteiger partial charge < -0.3 is 19.9 Å². The lowest BCUT2D eigenvalue weighted by atomic mass is 10.1. The fourth-order valence-electron chi connectivity index (χ4n) is 3.95. The fourth-order valence-corrected chi connectivity index (χ4v) is 3.95. The Morgan fingerprint density at radius 2 is 1.96 bits per heavy atom. The molecule has 2 amide bonds. The molecular weight excluding hydrogens is 358 g/mol. The highest BCUT2D eigenvalue weighted by Gasteiger charge is 2.36. The van der Waals surface area contributed by atoms with Crippen LogP contribution in [0.5, 0.6) is 5.75 Å². The minimum atomic E-state index is -0.805. The van der Waals surface area contributed by atoms with Gasteiger partial charge in [0.25, 0.3) is 11.8 Å². The Balaban J connectivity index is 1.65. The Morgan fingerprint density at radius 1 is 1.21 bits per heavy atom. The predicted octanol–water partition coefficient (Wildman–Crippen LogP) is 1.97. The maximum atomic E-state index is 12.7. The summed E-state index contributed by atoms with van der Waals surface area (Å²) >= 11 is 0. The number of aromatic hydroxyl groups is 1. The molecule has 0 radical (unpaired) electrons. The van der Waals surface area contributed by atoms with Gasteiger partial charge in [-0.15, -0.1) is 0 Å². The Labute approximate surface area is 162 Å². The molecule has 7 heteroatoms. The van der Waals surface area contributed by atoms with Crippen molar-refractivity contribution in [3.05, 3.63) is 63.1 Å². The van der Waals surface area contributed by atoms with Crippen LogP contribution in [-0.2, 0) is 6.54 Å². The third kappa shape index (κ3) is 3.17. The van der Waals surface area contributed by atoms with Gasteiger partial charge in [-0.3, -0.25) is 14.4 Å². The van der Waals surface area contributed by atoms with Crippen molar-refractivity contribution in [3.8, 4) is 5.75 Å². The van der Waals surface area contributed by atoms with Crippen molar-refractivity contribution in [1.82, 2.24) is 14.8 Å². The third-order valence-electron chi connectivity index (χ3n) is 5.56. The molecule has 28 heavy (non-hydrogen) atoms. The second kappa shape index (κ2) is 7.14. The van der Waals surface area contributed by atoms with E-state index in [0.29, 0.717) is 13.1 Å². The lowest BCUT2D eigenvalue weighted by molar-refractivity contribution is 0.0677. The summed E-state index contributed by atoms with van der Waals surface area (Å²) < 4.78 is 1.63. The predicted molar refractivity (Wildman–Crippen MR) is 104 cm³/mol. The summed E-state index contributed by atoms with van der Waals surface area (Å²) in [7, 11) is 0. The van der Waals surface area contributed by atoms with Gasteiger partial charge in [0, 0.05) is 25.8 Å². The zero-order chi connectivity index (χ0) is 19.8. The number of rotatable bonds is 3. The van der Waals surface area contributed by atoms with Crippen LogP contribution in [0.2, 0.25) is 0 Å². The quantitative estimate of drug-likeness (QED) is 0.850. The van der Waals surface area contributed by atoms with Crippen molar-refractivity contribution in [2.24, 2.45) is 0 Å². The summed E-state index contributed by atoms with van der Waals surface area (Å²) in [6, 6.07) is 7.68. The molecule has 0 saturated carbocycles. The van der Waals surface area contributed by atoms with Crippen molar-refractivity contribution >= 4 is 11.8 Å². The molecule has 0 spiro atoms. The number of fused-ring (bicyclic) bond motifs is 4. The van der Waals surface area contributed by atoms with Crippen LogP contribution in [0.3, 0.4) is 0 Å².